The SMILES string of the molecule is CCCn1c(C)cc(C(=O)/C(C#N)=C/c2ccc(OC)c(OC)c2)c1C. The normalized spacial score (nSPS) is 11.2. The minimum absolute atomic E-state index is 0.0916. The average molecular weight is 352 g/mol. The van der Waals surface area contributed by atoms with E-state index >= 15 is 0 Å². The molecule has 1 heterocycles. The van der Waals surface area contributed by atoms with Gasteiger partial charge in [-0.25, -0.2) is 0 Å². The third-order valence-electron chi connectivity index (χ3n) is 4.35. The lowest BCUT2D eigenvalue weighted by Gasteiger charge is -2.08. The first-order valence-corrected chi connectivity index (χ1v) is 8.52. The zero-order valence-electron chi connectivity index (χ0n) is 15.9. The number of Topliss-reactive ketones (excluding diaryl/α,β-unsaturated/α-hetero) is 1. The number of hydrogen-bond donors (Lipinski definition) is 0. The summed E-state index contributed by atoms with van der Waals surface area (Å²) in [6.45, 7) is 6.84. The van der Waals surface area contributed by atoms with Crippen molar-refractivity contribution in [3.63, 3.8) is 0 Å². The predicted molar refractivity (Wildman–Crippen MR) is 102 cm³/mol. The fraction of sp³-hybridized carbons (Fsp3) is 0.333. The molecule has 0 unspecified atom stereocenters. The summed E-state index contributed by atoms with van der Waals surface area (Å²) in [5.74, 6) is 0.877. The van der Waals surface area contributed by atoms with Crippen molar-refractivity contribution in [1.29, 1.82) is 5.26 Å². The van der Waals surface area contributed by atoms with Crippen molar-refractivity contribution in [1.82, 2.24) is 4.57 Å². The number of ether oxygens (including phenoxy) is 2. The van der Waals surface area contributed by atoms with E-state index in [2.05, 4.69) is 11.5 Å². The number of rotatable bonds is 7. The van der Waals surface area contributed by atoms with Crippen molar-refractivity contribution in [3.05, 3.63) is 52.4 Å². The van der Waals surface area contributed by atoms with Crippen LogP contribution in [0.2, 0.25) is 0 Å². The van der Waals surface area contributed by atoms with Gasteiger partial charge in [-0.05, 0) is 50.1 Å². The maximum absolute atomic E-state index is 12.9. The molecule has 26 heavy (non-hydrogen) atoms. The highest BCUT2D eigenvalue weighted by atomic mass is 16.5. The molecule has 0 N–H and O–H groups in total. The largest absolute Gasteiger partial charge is 0.493 e. The van der Waals surface area contributed by atoms with E-state index in [1.54, 1.807) is 38.5 Å². The highest BCUT2D eigenvalue weighted by Gasteiger charge is 2.19. The molecule has 1 aromatic heterocycles. The van der Waals surface area contributed by atoms with Crippen LogP contribution in [-0.2, 0) is 6.54 Å². The Bertz CT molecular complexity index is 885. The molecule has 136 valence electrons. The summed E-state index contributed by atoms with van der Waals surface area (Å²) in [4.78, 5) is 12.9. The second kappa shape index (κ2) is 8.39. The van der Waals surface area contributed by atoms with Gasteiger partial charge in [0.1, 0.15) is 11.6 Å². The van der Waals surface area contributed by atoms with Crippen LogP contribution in [0, 0.1) is 25.2 Å². The maximum atomic E-state index is 12.9. The van der Waals surface area contributed by atoms with Gasteiger partial charge in [-0.1, -0.05) is 13.0 Å². The van der Waals surface area contributed by atoms with Gasteiger partial charge in [-0.15, -0.1) is 0 Å². The molecule has 5 heteroatoms. The van der Waals surface area contributed by atoms with Crippen molar-refractivity contribution in [3.8, 4) is 17.6 Å². The zero-order valence-corrected chi connectivity index (χ0v) is 15.9. The Morgan fingerprint density at radius 3 is 2.46 bits per heavy atom. The Kier molecular flexibility index (Phi) is 6.24. The Morgan fingerprint density at radius 2 is 1.88 bits per heavy atom. The van der Waals surface area contributed by atoms with Crippen LogP contribution in [0.15, 0.2) is 29.8 Å². The van der Waals surface area contributed by atoms with Gasteiger partial charge >= 0.3 is 0 Å². The maximum Gasteiger partial charge on any atom is 0.205 e. The zero-order chi connectivity index (χ0) is 19.3. The minimum atomic E-state index is -0.266. The predicted octanol–water partition coefficient (Wildman–Crippen LogP) is 4.32. The molecule has 0 fully saturated rings. The van der Waals surface area contributed by atoms with Gasteiger partial charge in [0.15, 0.2) is 11.5 Å². The quantitative estimate of drug-likeness (QED) is 0.423. The first-order chi connectivity index (χ1) is 12.5. The van der Waals surface area contributed by atoms with E-state index < -0.39 is 0 Å². The van der Waals surface area contributed by atoms with Gasteiger partial charge in [-0.2, -0.15) is 5.26 Å². The van der Waals surface area contributed by atoms with Crippen molar-refractivity contribution < 1.29 is 14.3 Å². The van der Waals surface area contributed by atoms with E-state index in [4.69, 9.17) is 9.47 Å². The van der Waals surface area contributed by atoms with E-state index in [0.717, 1.165) is 24.4 Å². The molecule has 2 aromatic rings. The molecule has 0 atom stereocenters. The molecule has 0 aliphatic heterocycles. The molecule has 0 aliphatic rings. The number of benzene rings is 1. The third-order valence-corrected chi connectivity index (χ3v) is 4.35. The molecule has 0 bridgehead atoms. The summed E-state index contributed by atoms with van der Waals surface area (Å²) in [6, 6.07) is 9.16. The molecule has 0 aliphatic carbocycles. The number of aryl methyl sites for hydroxylation is 1. The van der Waals surface area contributed by atoms with Crippen LogP contribution in [-0.4, -0.2) is 24.6 Å². The van der Waals surface area contributed by atoms with Crippen LogP contribution < -0.4 is 9.47 Å². The molecule has 1 aromatic carbocycles. The lowest BCUT2D eigenvalue weighted by atomic mass is 10.0. The lowest BCUT2D eigenvalue weighted by molar-refractivity contribution is 0.103. The number of ketones is 1. The molecular formula is C21H24N2O3. The second-order valence-corrected chi connectivity index (χ2v) is 6.05. The standard InChI is InChI=1S/C21H24N2O3/c1-6-9-23-14(2)10-18(15(23)3)21(24)17(13-22)11-16-7-8-19(25-4)20(12-16)26-5/h7-8,10-12H,6,9H2,1-5H3/b17-11+. The van der Waals surface area contributed by atoms with Gasteiger partial charge in [0.2, 0.25) is 5.78 Å². The fourth-order valence-electron chi connectivity index (χ4n) is 3.00. The summed E-state index contributed by atoms with van der Waals surface area (Å²) >= 11 is 0. The minimum Gasteiger partial charge on any atom is -0.493 e. The van der Waals surface area contributed by atoms with Crippen LogP contribution in [0.5, 0.6) is 11.5 Å². The summed E-state index contributed by atoms with van der Waals surface area (Å²) in [5.41, 5.74) is 3.28. The van der Waals surface area contributed by atoms with Crippen LogP contribution >= 0.6 is 0 Å². The van der Waals surface area contributed by atoms with Gasteiger partial charge < -0.3 is 14.0 Å². The first-order valence-electron chi connectivity index (χ1n) is 8.52. The van der Waals surface area contributed by atoms with Crippen molar-refractivity contribution in [2.24, 2.45) is 0 Å². The number of methoxy groups -OCH3 is 2. The number of nitrogens with zero attached hydrogens (tertiary/aromatic N) is 2. The Hall–Kier alpha value is -3.00. The van der Waals surface area contributed by atoms with E-state index in [0.29, 0.717) is 22.6 Å². The van der Waals surface area contributed by atoms with Gasteiger partial charge in [0.05, 0.1) is 14.2 Å². The highest BCUT2D eigenvalue weighted by molar-refractivity contribution is 6.14. The molecule has 0 saturated heterocycles. The first kappa shape index (κ1) is 19.3. The van der Waals surface area contributed by atoms with Gasteiger partial charge in [0.25, 0.3) is 0 Å². The number of hydrogen-bond acceptors (Lipinski definition) is 4. The van der Waals surface area contributed by atoms with Gasteiger partial charge in [-0.3, -0.25) is 4.79 Å². The summed E-state index contributed by atoms with van der Waals surface area (Å²) in [6.07, 6.45) is 2.56. The number of carbonyl (C=O) groups excluding carboxylic acids is 1. The number of carbonyl (C=O) groups is 1. The fourth-order valence-corrected chi connectivity index (χ4v) is 3.00. The molecule has 5 nitrogen and oxygen atoms in total. The van der Waals surface area contributed by atoms with Crippen LogP contribution in [0.1, 0.15) is 40.7 Å². The Labute approximate surface area is 154 Å². The van der Waals surface area contributed by atoms with Gasteiger partial charge in [0, 0.05) is 23.5 Å². The molecule has 0 spiro atoms. The third kappa shape index (κ3) is 3.80. The smallest absolute Gasteiger partial charge is 0.205 e. The van der Waals surface area contributed by atoms with Crippen LogP contribution in [0.3, 0.4) is 0 Å². The van der Waals surface area contributed by atoms with E-state index in [-0.39, 0.29) is 11.4 Å². The van der Waals surface area contributed by atoms with E-state index in [1.165, 1.54) is 0 Å². The van der Waals surface area contributed by atoms with Crippen LogP contribution in [0.25, 0.3) is 6.08 Å². The Balaban J connectivity index is 2.43. The average Bonchev–Trinajstić information content (AvgIpc) is 2.93. The molecular weight excluding hydrogens is 328 g/mol. The summed E-state index contributed by atoms with van der Waals surface area (Å²) < 4.78 is 12.6. The monoisotopic (exact) mass is 352 g/mol. The second-order valence-electron chi connectivity index (χ2n) is 6.05. The van der Waals surface area contributed by atoms with Crippen molar-refractivity contribution >= 4 is 11.9 Å². The number of aromatic nitrogens is 1. The number of nitriles is 1. The molecule has 2 rings (SSSR count). The van der Waals surface area contributed by atoms with Crippen LogP contribution in [0.4, 0.5) is 0 Å². The molecule has 0 radical (unpaired) electrons. The molecule has 0 saturated carbocycles. The topological polar surface area (TPSA) is 64.2 Å². The van der Waals surface area contributed by atoms with E-state index in [1.807, 2.05) is 26.0 Å². The summed E-state index contributed by atoms with van der Waals surface area (Å²) in [5, 5.41) is 9.51. The molecule has 0 amide bonds. The Morgan fingerprint density at radius 1 is 1.19 bits per heavy atom. The van der Waals surface area contributed by atoms with E-state index in [9.17, 15) is 10.1 Å². The van der Waals surface area contributed by atoms with Crippen molar-refractivity contribution in [2.45, 2.75) is 33.7 Å². The highest BCUT2D eigenvalue weighted by Crippen LogP contribution is 2.29. The van der Waals surface area contributed by atoms with Crippen molar-refractivity contribution in [2.75, 3.05) is 14.2 Å². The number of allylic oxidation sites excluding steroid dienone is 1. The lowest BCUT2D eigenvalue weighted by Crippen LogP contribution is -2.06. The summed E-state index contributed by atoms with van der Waals surface area (Å²) in [7, 11) is 3.11.